The smallest absolute Gasteiger partial charge is 0.276 e. The number of nitrogens with zero attached hydrogens (tertiary/aromatic N) is 3. The Kier molecular flexibility index (Phi) is 5.35. The number of nitro benzene ring substituents is 1. The fourth-order valence-electron chi connectivity index (χ4n) is 3.96. The highest BCUT2D eigenvalue weighted by Crippen LogP contribution is 2.29. The first-order chi connectivity index (χ1) is 14.5. The van der Waals surface area contributed by atoms with Crippen molar-refractivity contribution in [1.29, 1.82) is 0 Å². The monoisotopic (exact) mass is 404 g/mol. The number of nitrogens with one attached hydrogen (secondary N) is 1. The lowest BCUT2D eigenvalue weighted by atomic mass is 10.1. The number of imidazole rings is 1. The van der Waals surface area contributed by atoms with Crippen molar-refractivity contribution in [2.24, 2.45) is 0 Å². The van der Waals surface area contributed by atoms with Gasteiger partial charge < -0.3 is 9.88 Å². The van der Waals surface area contributed by atoms with Gasteiger partial charge in [-0.05, 0) is 39.2 Å². The summed E-state index contributed by atoms with van der Waals surface area (Å²) < 4.78 is 2.16. The topological polar surface area (TPSA) is 90.1 Å². The summed E-state index contributed by atoms with van der Waals surface area (Å²) in [5.74, 6) is 0.468. The van der Waals surface area contributed by atoms with Gasteiger partial charge in [-0.3, -0.25) is 14.9 Å². The summed E-state index contributed by atoms with van der Waals surface area (Å²) in [4.78, 5) is 28.7. The predicted octanol–water partition coefficient (Wildman–Crippen LogP) is 5.05. The number of amides is 1. The summed E-state index contributed by atoms with van der Waals surface area (Å²) in [5.41, 5.74) is 4.33. The number of nitro groups is 1. The highest BCUT2D eigenvalue weighted by molar-refractivity contribution is 6.04. The van der Waals surface area contributed by atoms with Crippen LogP contribution in [0.4, 0.5) is 11.4 Å². The van der Waals surface area contributed by atoms with E-state index < -0.39 is 4.92 Å². The Bertz CT molecular complexity index is 1120. The van der Waals surface area contributed by atoms with Crippen molar-refractivity contribution in [3.8, 4) is 11.4 Å². The SMILES string of the molecule is Cc1ccc(-c2nc(C(=O)Nc3cccc([N+](=O)[O-])c3C)c3n2CCCCC3)cc1. The van der Waals surface area contributed by atoms with Crippen LogP contribution in [0, 0.1) is 24.0 Å². The molecule has 4 rings (SSSR count). The number of benzene rings is 2. The summed E-state index contributed by atoms with van der Waals surface area (Å²) in [5, 5.41) is 14.1. The molecule has 2 aromatic carbocycles. The highest BCUT2D eigenvalue weighted by Gasteiger charge is 2.25. The Hall–Kier alpha value is -3.48. The van der Waals surface area contributed by atoms with Crippen molar-refractivity contribution in [3.63, 3.8) is 0 Å². The fourth-order valence-corrected chi connectivity index (χ4v) is 3.96. The largest absolute Gasteiger partial charge is 0.327 e. The molecular formula is C23H24N4O3. The first-order valence-corrected chi connectivity index (χ1v) is 10.2. The van der Waals surface area contributed by atoms with Gasteiger partial charge in [-0.15, -0.1) is 0 Å². The first-order valence-electron chi connectivity index (χ1n) is 10.2. The normalized spacial score (nSPS) is 13.4. The van der Waals surface area contributed by atoms with Crippen molar-refractivity contribution < 1.29 is 9.72 Å². The highest BCUT2D eigenvalue weighted by atomic mass is 16.6. The molecule has 0 aliphatic carbocycles. The number of rotatable bonds is 4. The minimum Gasteiger partial charge on any atom is -0.327 e. The van der Waals surface area contributed by atoms with Gasteiger partial charge in [0.2, 0.25) is 0 Å². The third-order valence-corrected chi connectivity index (χ3v) is 5.64. The van der Waals surface area contributed by atoms with Crippen LogP contribution in [0.25, 0.3) is 11.4 Å². The summed E-state index contributed by atoms with van der Waals surface area (Å²) in [7, 11) is 0. The van der Waals surface area contributed by atoms with Gasteiger partial charge in [0, 0.05) is 18.2 Å². The molecule has 3 aromatic rings. The Labute approximate surface area is 174 Å². The van der Waals surface area contributed by atoms with Crippen molar-refractivity contribution in [1.82, 2.24) is 9.55 Å². The van der Waals surface area contributed by atoms with Crippen molar-refractivity contribution in [2.75, 3.05) is 5.32 Å². The molecule has 0 radical (unpaired) electrons. The zero-order chi connectivity index (χ0) is 21.3. The van der Waals surface area contributed by atoms with Gasteiger partial charge in [0.25, 0.3) is 11.6 Å². The van der Waals surface area contributed by atoms with E-state index in [-0.39, 0.29) is 11.6 Å². The van der Waals surface area contributed by atoms with E-state index in [2.05, 4.69) is 9.88 Å². The number of fused-ring (bicyclic) bond motifs is 1. The second-order valence-electron chi connectivity index (χ2n) is 7.72. The molecule has 0 spiro atoms. The number of hydrogen-bond acceptors (Lipinski definition) is 4. The molecule has 1 aliphatic heterocycles. The second-order valence-corrected chi connectivity index (χ2v) is 7.72. The third-order valence-electron chi connectivity index (χ3n) is 5.64. The number of aromatic nitrogens is 2. The Morgan fingerprint density at radius 2 is 1.87 bits per heavy atom. The molecule has 0 saturated heterocycles. The lowest BCUT2D eigenvalue weighted by molar-refractivity contribution is -0.385. The van der Waals surface area contributed by atoms with E-state index in [1.165, 1.54) is 11.6 Å². The van der Waals surface area contributed by atoms with Crippen molar-refractivity contribution in [2.45, 2.75) is 46.1 Å². The number of hydrogen-bond donors (Lipinski definition) is 1. The van der Waals surface area contributed by atoms with Crippen LogP contribution in [-0.2, 0) is 13.0 Å². The van der Waals surface area contributed by atoms with Crippen LogP contribution in [0.1, 0.15) is 46.6 Å². The van der Waals surface area contributed by atoms with Gasteiger partial charge in [-0.1, -0.05) is 42.3 Å². The second kappa shape index (κ2) is 8.10. The Morgan fingerprint density at radius 3 is 2.60 bits per heavy atom. The lowest BCUT2D eigenvalue weighted by Gasteiger charge is -2.10. The molecule has 2 heterocycles. The van der Waals surface area contributed by atoms with Gasteiger partial charge in [0.1, 0.15) is 11.5 Å². The molecule has 1 aliphatic rings. The van der Waals surface area contributed by atoms with Gasteiger partial charge in [0.05, 0.1) is 21.9 Å². The van der Waals surface area contributed by atoms with Crippen LogP contribution in [0.2, 0.25) is 0 Å². The first kappa shape index (κ1) is 19.8. The number of aryl methyl sites for hydroxylation is 1. The minimum absolute atomic E-state index is 0.0168. The third kappa shape index (κ3) is 3.70. The van der Waals surface area contributed by atoms with E-state index >= 15 is 0 Å². The molecule has 0 bridgehead atoms. The van der Waals surface area contributed by atoms with Gasteiger partial charge in [0.15, 0.2) is 0 Å². The van der Waals surface area contributed by atoms with Crippen LogP contribution in [0.3, 0.4) is 0 Å². The molecule has 0 saturated carbocycles. The van der Waals surface area contributed by atoms with E-state index in [1.807, 2.05) is 31.2 Å². The van der Waals surface area contributed by atoms with Crippen molar-refractivity contribution >= 4 is 17.3 Å². The van der Waals surface area contributed by atoms with Crippen LogP contribution in [0.15, 0.2) is 42.5 Å². The number of carbonyl (C=O) groups excluding carboxylic acids is 1. The summed E-state index contributed by atoms with van der Waals surface area (Å²) in [6.45, 7) is 4.50. The van der Waals surface area contributed by atoms with Crippen LogP contribution < -0.4 is 5.32 Å². The summed E-state index contributed by atoms with van der Waals surface area (Å²) >= 11 is 0. The van der Waals surface area contributed by atoms with Crippen LogP contribution >= 0.6 is 0 Å². The molecule has 1 N–H and O–H groups in total. The lowest BCUT2D eigenvalue weighted by Crippen LogP contribution is -2.16. The fraction of sp³-hybridized carbons (Fsp3) is 0.304. The molecular weight excluding hydrogens is 380 g/mol. The number of anilines is 1. The molecule has 0 unspecified atom stereocenters. The Balaban J connectivity index is 1.74. The average molecular weight is 404 g/mol. The summed E-state index contributed by atoms with van der Waals surface area (Å²) in [6, 6.07) is 12.8. The molecule has 7 nitrogen and oxygen atoms in total. The van der Waals surface area contributed by atoms with Gasteiger partial charge >= 0.3 is 0 Å². The minimum atomic E-state index is -0.441. The van der Waals surface area contributed by atoms with Gasteiger partial charge in [-0.2, -0.15) is 0 Å². The van der Waals surface area contributed by atoms with Gasteiger partial charge in [-0.25, -0.2) is 4.98 Å². The van der Waals surface area contributed by atoms with E-state index in [0.717, 1.165) is 49.3 Å². The molecule has 30 heavy (non-hydrogen) atoms. The van der Waals surface area contributed by atoms with Crippen molar-refractivity contribution in [3.05, 3.63) is 75.1 Å². The molecule has 7 heteroatoms. The Morgan fingerprint density at radius 1 is 1.10 bits per heavy atom. The van der Waals surface area contributed by atoms with E-state index in [1.54, 1.807) is 19.1 Å². The van der Waals surface area contributed by atoms with Crippen LogP contribution in [0.5, 0.6) is 0 Å². The molecule has 0 fully saturated rings. The maximum atomic E-state index is 13.2. The maximum absolute atomic E-state index is 13.2. The van der Waals surface area contributed by atoms with E-state index in [0.29, 0.717) is 16.9 Å². The zero-order valence-electron chi connectivity index (χ0n) is 17.1. The number of carbonyl (C=O) groups is 1. The van der Waals surface area contributed by atoms with Crippen LogP contribution in [-0.4, -0.2) is 20.4 Å². The molecule has 154 valence electrons. The molecule has 1 amide bonds. The quantitative estimate of drug-likeness (QED) is 0.486. The predicted molar refractivity (Wildman–Crippen MR) is 116 cm³/mol. The maximum Gasteiger partial charge on any atom is 0.276 e. The van der Waals surface area contributed by atoms with E-state index in [4.69, 9.17) is 4.98 Å². The molecule has 1 aromatic heterocycles. The standard InChI is InChI=1S/C23H24N4O3/c1-15-10-12-17(13-11-15)22-25-21(20-8-4-3-5-14-26(20)22)23(28)24-18-7-6-9-19(16(18)2)27(29)30/h6-7,9-13H,3-5,8,14H2,1-2H3,(H,24,28). The molecule has 0 atom stereocenters. The zero-order valence-corrected chi connectivity index (χ0v) is 17.1. The summed E-state index contributed by atoms with van der Waals surface area (Å²) in [6.07, 6.45) is 3.96. The van der Waals surface area contributed by atoms with E-state index in [9.17, 15) is 14.9 Å². The average Bonchev–Trinajstić information content (AvgIpc) is 2.91.